The van der Waals surface area contributed by atoms with Crippen LogP contribution in [0.4, 0.5) is 13.2 Å². The van der Waals surface area contributed by atoms with E-state index < -0.39 is 17.6 Å². The van der Waals surface area contributed by atoms with Gasteiger partial charge in [0.15, 0.2) is 0 Å². The monoisotopic (exact) mass is 319 g/mol. The summed E-state index contributed by atoms with van der Waals surface area (Å²) in [6, 6.07) is 4.83. The molecule has 0 spiro atoms. The minimum atomic E-state index is -4.53. The van der Waals surface area contributed by atoms with Crippen molar-refractivity contribution in [1.82, 2.24) is 5.32 Å². The highest BCUT2D eigenvalue weighted by molar-refractivity contribution is 6.18. The number of alkyl halides is 4. The van der Waals surface area contributed by atoms with Crippen molar-refractivity contribution in [2.45, 2.75) is 25.4 Å². The third kappa shape index (κ3) is 3.90. The Kier molecular flexibility index (Phi) is 5.14. The first-order valence-corrected chi connectivity index (χ1v) is 7.47. The molecule has 1 N–H and O–H groups in total. The van der Waals surface area contributed by atoms with Gasteiger partial charge in [-0.15, -0.1) is 11.6 Å². The van der Waals surface area contributed by atoms with Gasteiger partial charge in [0.2, 0.25) is 0 Å². The maximum atomic E-state index is 12.9. The van der Waals surface area contributed by atoms with Crippen molar-refractivity contribution >= 4 is 17.5 Å². The van der Waals surface area contributed by atoms with E-state index in [0.717, 1.165) is 25.3 Å². The Morgan fingerprint density at radius 1 is 1.24 bits per heavy atom. The van der Waals surface area contributed by atoms with Crippen LogP contribution in [-0.4, -0.2) is 18.3 Å². The molecular weight excluding hydrogens is 303 g/mol. The fourth-order valence-corrected chi connectivity index (χ4v) is 3.24. The fourth-order valence-electron chi connectivity index (χ4n) is 2.83. The second-order valence-electron chi connectivity index (χ2n) is 5.36. The molecule has 2 unspecified atom stereocenters. The summed E-state index contributed by atoms with van der Waals surface area (Å²) in [6.07, 6.45) is -1.50. The molecule has 116 valence electrons. The van der Waals surface area contributed by atoms with Crippen LogP contribution in [0.2, 0.25) is 0 Å². The Labute approximate surface area is 126 Å². The molecule has 0 aliphatic heterocycles. The van der Waals surface area contributed by atoms with Crippen molar-refractivity contribution in [3.8, 4) is 0 Å². The summed E-state index contributed by atoms with van der Waals surface area (Å²) in [5.41, 5.74) is -1.23. The van der Waals surface area contributed by atoms with E-state index in [1.807, 2.05) is 0 Å². The van der Waals surface area contributed by atoms with Crippen LogP contribution in [0.3, 0.4) is 0 Å². The van der Waals surface area contributed by atoms with Crippen LogP contribution < -0.4 is 5.32 Å². The molecule has 0 aromatic heterocycles. The van der Waals surface area contributed by atoms with E-state index in [-0.39, 0.29) is 11.5 Å². The predicted molar refractivity (Wildman–Crippen MR) is 75.3 cm³/mol. The van der Waals surface area contributed by atoms with E-state index in [1.165, 1.54) is 18.2 Å². The largest absolute Gasteiger partial charge is 0.417 e. The van der Waals surface area contributed by atoms with Crippen molar-refractivity contribution in [3.05, 3.63) is 35.4 Å². The SMILES string of the molecule is O=C(NCC1CCCC1CCl)c1ccccc1C(F)(F)F. The van der Waals surface area contributed by atoms with Gasteiger partial charge in [0.25, 0.3) is 5.91 Å². The van der Waals surface area contributed by atoms with E-state index >= 15 is 0 Å². The number of carbonyl (C=O) groups excluding carboxylic acids is 1. The summed E-state index contributed by atoms with van der Waals surface area (Å²) in [5, 5.41) is 2.62. The van der Waals surface area contributed by atoms with Crippen LogP contribution in [0.1, 0.15) is 35.2 Å². The molecule has 2 rings (SSSR count). The van der Waals surface area contributed by atoms with Gasteiger partial charge in [-0.25, -0.2) is 0 Å². The molecule has 21 heavy (non-hydrogen) atoms. The second-order valence-corrected chi connectivity index (χ2v) is 5.67. The molecule has 0 radical (unpaired) electrons. The standard InChI is InChI=1S/C15H17ClF3NO/c16-8-10-4-3-5-11(10)9-20-14(21)12-6-1-2-7-13(12)15(17,18)19/h1-2,6-7,10-11H,3-5,8-9H2,(H,20,21). The number of hydrogen-bond acceptors (Lipinski definition) is 1. The summed E-state index contributed by atoms with van der Waals surface area (Å²) >= 11 is 5.86. The van der Waals surface area contributed by atoms with Gasteiger partial charge in [0.1, 0.15) is 0 Å². The van der Waals surface area contributed by atoms with Crippen LogP contribution in [0.5, 0.6) is 0 Å². The molecule has 1 aliphatic rings. The van der Waals surface area contributed by atoms with Gasteiger partial charge < -0.3 is 5.32 Å². The van der Waals surface area contributed by atoms with Crippen molar-refractivity contribution < 1.29 is 18.0 Å². The molecule has 6 heteroatoms. The van der Waals surface area contributed by atoms with Crippen molar-refractivity contribution in [2.75, 3.05) is 12.4 Å². The van der Waals surface area contributed by atoms with Gasteiger partial charge in [-0.2, -0.15) is 13.2 Å². The van der Waals surface area contributed by atoms with Crippen LogP contribution >= 0.6 is 11.6 Å². The number of hydrogen-bond donors (Lipinski definition) is 1. The molecule has 0 bridgehead atoms. The lowest BCUT2D eigenvalue weighted by molar-refractivity contribution is -0.137. The minimum absolute atomic E-state index is 0.254. The lowest BCUT2D eigenvalue weighted by Gasteiger charge is -2.18. The van der Waals surface area contributed by atoms with Gasteiger partial charge in [-0.1, -0.05) is 18.6 Å². The number of benzene rings is 1. The molecule has 1 aromatic carbocycles. The molecule has 1 aromatic rings. The second kappa shape index (κ2) is 6.69. The summed E-state index contributed by atoms with van der Waals surface area (Å²) in [6.45, 7) is 0.377. The highest BCUT2D eigenvalue weighted by Crippen LogP contribution is 2.33. The highest BCUT2D eigenvalue weighted by atomic mass is 35.5. The predicted octanol–water partition coefficient (Wildman–Crippen LogP) is 4.09. The first-order valence-electron chi connectivity index (χ1n) is 6.94. The molecule has 2 atom stereocenters. The maximum absolute atomic E-state index is 12.9. The van der Waals surface area contributed by atoms with Crippen molar-refractivity contribution in [3.63, 3.8) is 0 Å². The summed E-state index contributed by atoms with van der Waals surface area (Å²) in [7, 11) is 0. The Hall–Kier alpha value is -1.23. The molecule has 0 heterocycles. The van der Waals surface area contributed by atoms with E-state index in [0.29, 0.717) is 18.3 Å². The van der Waals surface area contributed by atoms with Crippen molar-refractivity contribution in [1.29, 1.82) is 0 Å². The lowest BCUT2D eigenvalue weighted by atomic mass is 9.97. The summed E-state index contributed by atoms with van der Waals surface area (Å²) < 4.78 is 38.6. The number of amides is 1. The average Bonchev–Trinajstić information content (AvgIpc) is 2.91. The molecule has 1 fully saturated rings. The van der Waals surface area contributed by atoms with Crippen LogP contribution in [0.25, 0.3) is 0 Å². The van der Waals surface area contributed by atoms with Crippen LogP contribution in [0.15, 0.2) is 24.3 Å². The third-order valence-electron chi connectivity index (χ3n) is 4.02. The van der Waals surface area contributed by atoms with Gasteiger partial charge in [-0.3, -0.25) is 4.79 Å². The smallest absolute Gasteiger partial charge is 0.352 e. The normalized spacial score (nSPS) is 22.3. The summed E-state index contributed by atoms with van der Waals surface area (Å²) in [4.78, 5) is 12.0. The zero-order chi connectivity index (χ0) is 15.5. The Morgan fingerprint density at radius 3 is 2.57 bits per heavy atom. The van der Waals surface area contributed by atoms with Crippen LogP contribution in [0, 0.1) is 11.8 Å². The first kappa shape index (κ1) is 16.1. The molecule has 1 aliphatic carbocycles. The lowest BCUT2D eigenvalue weighted by Crippen LogP contribution is -2.32. The van der Waals surface area contributed by atoms with Crippen molar-refractivity contribution in [2.24, 2.45) is 11.8 Å². The average molecular weight is 320 g/mol. The molecule has 0 saturated heterocycles. The third-order valence-corrected chi connectivity index (χ3v) is 4.41. The minimum Gasteiger partial charge on any atom is -0.352 e. The van der Waals surface area contributed by atoms with Gasteiger partial charge in [0.05, 0.1) is 11.1 Å². The van der Waals surface area contributed by atoms with E-state index in [9.17, 15) is 18.0 Å². The number of carbonyl (C=O) groups is 1. The number of halogens is 4. The summed E-state index contributed by atoms with van der Waals surface area (Å²) in [5.74, 6) is 0.442. The molecular formula is C15H17ClF3NO. The van der Waals surface area contributed by atoms with Gasteiger partial charge in [-0.05, 0) is 36.8 Å². The van der Waals surface area contributed by atoms with Gasteiger partial charge >= 0.3 is 6.18 Å². The van der Waals surface area contributed by atoms with E-state index in [1.54, 1.807) is 0 Å². The molecule has 2 nitrogen and oxygen atoms in total. The first-order chi connectivity index (χ1) is 9.93. The Balaban J connectivity index is 2.04. The number of nitrogens with one attached hydrogen (secondary N) is 1. The Bertz CT molecular complexity index is 504. The van der Waals surface area contributed by atoms with E-state index in [2.05, 4.69) is 5.32 Å². The highest BCUT2D eigenvalue weighted by Gasteiger charge is 2.35. The topological polar surface area (TPSA) is 29.1 Å². The van der Waals surface area contributed by atoms with Crippen LogP contribution in [-0.2, 0) is 6.18 Å². The molecule has 1 amide bonds. The fraction of sp³-hybridized carbons (Fsp3) is 0.533. The maximum Gasteiger partial charge on any atom is 0.417 e. The van der Waals surface area contributed by atoms with Gasteiger partial charge in [0, 0.05) is 12.4 Å². The van der Waals surface area contributed by atoms with E-state index in [4.69, 9.17) is 11.6 Å². The zero-order valence-corrected chi connectivity index (χ0v) is 12.2. The molecule has 1 saturated carbocycles. The zero-order valence-electron chi connectivity index (χ0n) is 11.4. The Morgan fingerprint density at radius 2 is 1.90 bits per heavy atom. The quantitative estimate of drug-likeness (QED) is 0.832. The number of rotatable bonds is 4.